The van der Waals surface area contributed by atoms with Crippen LogP contribution >= 0.6 is 0 Å². The molecule has 1 aliphatic carbocycles. The van der Waals surface area contributed by atoms with Crippen LogP contribution in [0.25, 0.3) is 11.3 Å². The molecule has 1 saturated carbocycles. The summed E-state index contributed by atoms with van der Waals surface area (Å²) in [6, 6.07) is 5.04. The van der Waals surface area contributed by atoms with Crippen LogP contribution in [0.15, 0.2) is 39.6 Å². The minimum Gasteiger partial charge on any atom is -0.355 e. The van der Waals surface area contributed by atoms with Gasteiger partial charge < -0.3 is 14.4 Å². The molecule has 1 N–H and O–H groups in total. The van der Waals surface area contributed by atoms with E-state index in [2.05, 4.69) is 25.6 Å². The minimum atomic E-state index is -2.61. The van der Waals surface area contributed by atoms with Crippen molar-refractivity contribution in [3.63, 3.8) is 0 Å². The standard InChI is InChI=1S/C18H17F2N5O3/c19-18(20)5-3-11(4-6-18)16-23-15(28-25-16)10-22-17(26)13-8-14(27-24-13)12-2-1-7-21-9-12/h1-2,7-9,11H,3-6,10H2,(H,22,26). The molecule has 3 heterocycles. The number of carbonyl (C=O) groups is 1. The highest BCUT2D eigenvalue weighted by atomic mass is 19.3. The fraction of sp³-hybridized carbons (Fsp3) is 0.389. The first-order chi connectivity index (χ1) is 13.5. The molecule has 3 aromatic rings. The molecule has 28 heavy (non-hydrogen) atoms. The Balaban J connectivity index is 1.33. The number of carbonyl (C=O) groups excluding carboxylic acids is 1. The molecular weight excluding hydrogens is 372 g/mol. The van der Waals surface area contributed by atoms with Gasteiger partial charge in [0.1, 0.15) is 0 Å². The molecule has 1 fully saturated rings. The number of amides is 1. The van der Waals surface area contributed by atoms with E-state index in [4.69, 9.17) is 9.05 Å². The Morgan fingerprint density at radius 3 is 2.82 bits per heavy atom. The number of alkyl halides is 2. The Labute approximate surface area is 158 Å². The third-order valence-electron chi connectivity index (χ3n) is 4.66. The third kappa shape index (κ3) is 4.05. The Morgan fingerprint density at radius 1 is 1.25 bits per heavy atom. The molecule has 1 aliphatic rings. The fourth-order valence-electron chi connectivity index (χ4n) is 3.08. The van der Waals surface area contributed by atoms with Gasteiger partial charge in [0.2, 0.25) is 11.8 Å². The zero-order valence-electron chi connectivity index (χ0n) is 14.8. The van der Waals surface area contributed by atoms with Gasteiger partial charge in [-0.25, -0.2) is 8.78 Å². The fourth-order valence-corrected chi connectivity index (χ4v) is 3.08. The second-order valence-corrected chi connectivity index (χ2v) is 6.68. The van der Waals surface area contributed by atoms with Gasteiger partial charge in [0.25, 0.3) is 5.91 Å². The van der Waals surface area contributed by atoms with Gasteiger partial charge in [-0.05, 0) is 25.0 Å². The van der Waals surface area contributed by atoms with E-state index in [0.717, 1.165) is 0 Å². The maximum atomic E-state index is 13.3. The monoisotopic (exact) mass is 389 g/mol. The van der Waals surface area contributed by atoms with Gasteiger partial charge in [-0.1, -0.05) is 10.3 Å². The highest BCUT2D eigenvalue weighted by Crippen LogP contribution is 2.39. The largest absolute Gasteiger partial charge is 0.355 e. The maximum Gasteiger partial charge on any atom is 0.273 e. The Hall–Kier alpha value is -3.17. The molecule has 0 aromatic carbocycles. The van der Waals surface area contributed by atoms with Crippen molar-refractivity contribution in [1.82, 2.24) is 25.6 Å². The van der Waals surface area contributed by atoms with Gasteiger partial charge in [0.05, 0.1) is 6.54 Å². The number of hydrogen-bond donors (Lipinski definition) is 1. The molecule has 0 aliphatic heterocycles. The number of aromatic nitrogens is 4. The second-order valence-electron chi connectivity index (χ2n) is 6.68. The lowest BCUT2D eigenvalue weighted by Crippen LogP contribution is -2.24. The Morgan fingerprint density at radius 2 is 2.07 bits per heavy atom. The Kier molecular flexibility index (Phi) is 4.84. The third-order valence-corrected chi connectivity index (χ3v) is 4.66. The summed E-state index contributed by atoms with van der Waals surface area (Å²) in [7, 11) is 0. The zero-order valence-corrected chi connectivity index (χ0v) is 14.8. The van der Waals surface area contributed by atoms with Gasteiger partial charge in [-0.2, -0.15) is 4.98 Å². The summed E-state index contributed by atoms with van der Waals surface area (Å²) >= 11 is 0. The van der Waals surface area contributed by atoms with Crippen molar-refractivity contribution in [2.24, 2.45) is 0 Å². The number of nitrogens with zero attached hydrogens (tertiary/aromatic N) is 4. The van der Waals surface area contributed by atoms with Gasteiger partial charge in [-0.15, -0.1) is 0 Å². The van der Waals surface area contributed by atoms with Crippen molar-refractivity contribution in [3.05, 3.63) is 48.0 Å². The minimum absolute atomic E-state index is 0.00377. The predicted octanol–water partition coefficient (Wildman–Crippen LogP) is 3.34. The topological polar surface area (TPSA) is 107 Å². The van der Waals surface area contributed by atoms with E-state index in [1.807, 2.05) is 0 Å². The van der Waals surface area contributed by atoms with E-state index in [9.17, 15) is 13.6 Å². The number of halogens is 2. The van der Waals surface area contributed by atoms with Crippen LogP contribution in [0.1, 0.15) is 53.8 Å². The van der Waals surface area contributed by atoms with Crippen LogP contribution in [0.2, 0.25) is 0 Å². The van der Waals surface area contributed by atoms with E-state index in [-0.39, 0.29) is 36.9 Å². The van der Waals surface area contributed by atoms with Crippen molar-refractivity contribution in [3.8, 4) is 11.3 Å². The summed E-state index contributed by atoms with van der Waals surface area (Å²) in [6.07, 6.45) is 3.50. The quantitative estimate of drug-likeness (QED) is 0.713. The molecule has 0 bridgehead atoms. The van der Waals surface area contributed by atoms with E-state index in [1.165, 1.54) is 6.07 Å². The van der Waals surface area contributed by atoms with Crippen LogP contribution in [0.4, 0.5) is 8.78 Å². The smallest absolute Gasteiger partial charge is 0.273 e. The summed E-state index contributed by atoms with van der Waals surface area (Å²) in [5, 5.41) is 10.2. The van der Waals surface area contributed by atoms with Gasteiger partial charge in [-0.3, -0.25) is 9.78 Å². The predicted molar refractivity (Wildman–Crippen MR) is 91.4 cm³/mol. The van der Waals surface area contributed by atoms with Crippen LogP contribution in [-0.4, -0.2) is 32.1 Å². The lowest BCUT2D eigenvalue weighted by molar-refractivity contribution is -0.0389. The summed E-state index contributed by atoms with van der Waals surface area (Å²) < 4.78 is 36.8. The van der Waals surface area contributed by atoms with Crippen LogP contribution in [-0.2, 0) is 6.54 Å². The van der Waals surface area contributed by atoms with E-state index in [1.54, 1.807) is 24.5 Å². The number of rotatable bonds is 5. The van der Waals surface area contributed by atoms with Crippen molar-refractivity contribution in [2.45, 2.75) is 44.1 Å². The average Bonchev–Trinajstić information content (AvgIpc) is 3.37. The molecule has 0 atom stereocenters. The second kappa shape index (κ2) is 7.45. The lowest BCUT2D eigenvalue weighted by atomic mass is 9.86. The van der Waals surface area contributed by atoms with Crippen molar-refractivity contribution in [2.75, 3.05) is 0 Å². The molecule has 0 saturated heterocycles. The van der Waals surface area contributed by atoms with Gasteiger partial charge >= 0.3 is 0 Å². The van der Waals surface area contributed by atoms with Gasteiger partial charge in [0, 0.05) is 42.8 Å². The SMILES string of the molecule is O=C(NCc1nc(C2CCC(F)(F)CC2)no1)c1cc(-c2cccnc2)on1. The molecule has 146 valence electrons. The lowest BCUT2D eigenvalue weighted by Gasteiger charge is -2.26. The molecular formula is C18H17F2N5O3. The van der Waals surface area contributed by atoms with Crippen LogP contribution in [0, 0.1) is 0 Å². The van der Waals surface area contributed by atoms with Crippen molar-refractivity contribution < 1.29 is 22.6 Å². The molecule has 3 aromatic heterocycles. The summed E-state index contributed by atoms with van der Waals surface area (Å²) in [5.41, 5.74) is 0.807. The van der Waals surface area contributed by atoms with Crippen LogP contribution in [0.3, 0.4) is 0 Å². The molecule has 0 unspecified atom stereocenters. The van der Waals surface area contributed by atoms with Crippen LogP contribution in [0.5, 0.6) is 0 Å². The highest BCUT2D eigenvalue weighted by Gasteiger charge is 2.37. The van der Waals surface area contributed by atoms with E-state index in [0.29, 0.717) is 30.0 Å². The van der Waals surface area contributed by atoms with Crippen LogP contribution < -0.4 is 5.32 Å². The summed E-state index contributed by atoms with van der Waals surface area (Å²) in [4.78, 5) is 20.4. The first-order valence-electron chi connectivity index (χ1n) is 8.86. The zero-order chi connectivity index (χ0) is 19.6. The molecule has 4 rings (SSSR count). The number of pyridine rings is 1. The average molecular weight is 389 g/mol. The van der Waals surface area contributed by atoms with Crippen molar-refractivity contribution >= 4 is 5.91 Å². The van der Waals surface area contributed by atoms with E-state index < -0.39 is 11.8 Å². The van der Waals surface area contributed by atoms with Gasteiger partial charge in [0.15, 0.2) is 17.3 Å². The summed E-state index contributed by atoms with van der Waals surface area (Å²) in [6.45, 7) is 0.00377. The number of nitrogens with one attached hydrogen (secondary N) is 1. The highest BCUT2D eigenvalue weighted by molar-refractivity contribution is 5.92. The first-order valence-corrected chi connectivity index (χ1v) is 8.86. The Bertz CT molecular complexity index is 947. The molecule has 0 spiro atoms. The number of hydrogen-bond acceptors (Lipinski definition) is 7. The maximum absolute atomic E-state index is 13.3. The van der Waals surface area contributed by atoms with Crippen molar-refractivity contribution in [1.29, 1.82) is 0 Å². The molecule has 10 heteroatoms. The van der Waals surface area contributed by atoms with E-state index >= 15 is 0 Å². The molecule has 8 nitrogen and oxygen atoms in total. The molecule has 0 radical (unpaired) electrons. The first kappa shape index (κ1) is 18.2. The summed E-state index contributed by atoms with van der Waals surface area (Å²) in [5.74, 6) is -2.19. The molecule has 1 amide bonds. The normalized spacial score (nSPS) is 16.8.